The van der Waals surface area contributed by atoms with E-state index in [1.165, 1.54) is 32.1 Å². The molecule has 1 saturated heterocycles. The molecule has 0 amide bonds. The number of carbonyl (C=O) groups is 1. The lowest BCUT2D eigenvalue weighted by Crippen LogP contribution is -2.38. The first-order valence-corrected chi connectivity index (χ1v) is 13.6. The Morgan fingerprint density at radius 1 is 1.07 bits per heavy atom. The molecule has 0 unspecified atom stereocenters. The van der Waals surface area contributed by atoms with Gasteiger partial charge in [-0.1, -0.05) is 26.2 Å². The van der Waals surface area contributed by atoms with Crippen LogP contribution in [0.3, 0.4) is 0 Å². The van der Waals surface area contributed by atoms with Crippen LogP contribution in [0.15, 0.2) is 11.4 Å². The first-order chi connectivity index (χ1) is 14.5. The molecule has 0 bridgehead atoms. The first kappa shape index (κ1) is 22.0. The van der Waals surface area contributed by atoms with Gasteiger partial charge in [-0.15, -0.1) is 0 Å². The molecule has 0 N–H and O–H groups in total. The minimum atomic E-state index is -3.35. The lowest BCUT2D eigenvalue weighted by molar-refractivity contribution is -0.124. The van der Waals surface area contributed by atoms with Crippen molar-refractivity contribution in [2.45, 2.75) is 89.4 Å². The monoisotopic (exact) mass is 435 g/mol. The van der Waals surface area contributed by atoms with E-state index in [4.69, 9.17) is 0 Å². The molecule has 168 valence electrons. The van der Waals surface area contributed by atoms with Crippen molar-refractivity contribution >= 4 is 15.6 Å². The molecule has 7 heteroatoms. The zero-order valence-corrected chi connectivity index (χ0v) is 19.2. The van der Waals surface area contributed by atoms with Crippen LogP contribution in [0.1, 0.15) is 76.8 Å². The van der Waals surface area contributed by atoms with E-state index >= 15 is 0 Å². The third kappa shape index (κ3) is 5.34. The van der Waals surface area contributed by atoms with Crippen LogP contribution in [0.5, 0.6) is 0 Å². The quantitative estimate of drug-likeness (QED) is 0.589. The number of hydrogen-bond donors (Lipinski definition) is 0. The Hall–Kier alpha value is -1.21. The molecule has 0 aromatic carbocycles. The molecule has 1 aromatic heterocycles. The fraction of sp³-hybridized carbons (Fsp3) is 0.826. The highest BCUT2D eigenvalue weighted by Crippen LogP contribution is 2.33. The summed E-state index contributed by atoms with van der Waals surface area (Å²) in [5.74, 6) is 1.57. The standard InChI is InChI=1S/C23H37N3O3S/c1-2-22(27)20-9-6-12-25(15-20)16-21-13-24-23(30(28,29)17-19-10-11-19)26(21)14-18-7-4-3-5-8-18/h13,18-20H,2-12,14-17H2,1H3/t20-/m1/s1. The normalized spacial score (nSPS) is 24.2. The van der Waals surface area contributed by atoms with E-state index in [9.17, 15) is 13.2 Å². The molecule has 1 atom stereocenters. The van der Waals surface area contributed by atoms with E-state index in [0.717, 1.165) is 51.0 Å². The zero-order valence-electron chi connectivity index (χ0n) is 18.4. The summed E-state index contributed by atoms with van der Waals surface area (Å²) in [6.45, 7) is 5.14. The number of nitrogens with zero attached hydrogens (tertiary/aromatic N) is 3. The Morgan fingerprint density at radius 2 is 1.83 bits per heavy atom. The molecular formula is C23H37N3O3S. The maximum Gasteiger partial charge on any atom is 0.227 e. The summed E-state index contributed by atoms with van der Waals surface area (Å²) >= 11 is 0. The lowest BCUT2D eigenvalue weighted by atomic mass is 9.89. The van der Waals surface area contributed by atoms with E-state index in [0.29, 0.717) is 30.6 Å². The van der Waals surface area contributed by atoms with Gasteiger partial charge in [0.2, 0.25) is 15.0 Å². The molecule has 2 aliphatic carbocycles. The van der Waals surface area contributed by atoms with Crippen LogP contribution < -0.4 is 0 Å². The number of likely N-dealkylation sites (tertiary alicyclic amines) is 1. The topological polar surface area (TPSA) is 72.3 Å². The van der Waals surface area contributed by atoms with Crippen molar-refractivity contribution in [2.75, 3.05) is 18.8 Å². The fourth-order valence-electron chi connectivity index (χ4n) is 5.24. The number of carbonyl (C=O) groups excluding carboxylic acids is 1. The van der Waals surface area contributed by atoms with Gasteiger partial charge in [-0.25, -0.2) is 13.4 Å². The van der Waals surface area contributed by atoms with E-state index in [1.54, 1.807) is 6.20 Å². The Balaban J connectivity index is 1.54. The number of aromatic nitrogens is 2. The van der Waals surface area contributed by atoms with E-state index in [1.807, 2.05) is 11.5 Å². The molecule has 0 radical (unpaired) electrons. The minimum Gasteiger partial charge on any atom is -0.317 e. The van der Waals surface area contributed by atoms with Gasteiger partial charge in [-0.3, -0.25) is 9.69 Å². The number of hydrogen-bond acceptors (Lipinski definition) is 5. The molecule has 4 rings (SSSR count). The van der Waals surface area contributed by atoms with Crippen LogP contribution in [0.2, 0.25) is 0 Å². The van der Waals surface area contributed by atoms with Crippen molar-refractivity contribution in [1.82, 2.24) is 14.5 Å². The third-order valence-electron chi connectivity index (χ3n) is 7.19. The average Bonchev–Trinajstić information content (AvgIpc) is 3.46. The zero-order chi connectivity index (χ0) is 21.1. The summed E-state index contributed by atoms with van der Waals surface area (Å²) in [5.41, 5.74) is 1.000. The summed E-state index contributed by atoms with van der Waals surface area (Å²) in [6.07, 6.45) is 12.6. The fourth-order valence-corrected chi connectivity index (χ4v) is 7.08. The number of sulfone groups is 1. The van der Waals surface area contributed by atoms with Gasteiger partial charge in [-0.05, 0) is 56.9 Å². The Bertz CT molecular complexity index is 838. The molecule has 2 heterocycles. The summed E-state index contributed by atoms with van der Waals surface area (Å²) in [7, 11) is -3.35. The van der Waals surface area contributed by atoms with Crippen LogP contribution in [0, 0.1) is 17.8 Å². The second-order valence-corrected chi connectivity index (χ2v) is 11.7. The largest absolute Gasteiger partial charge is 0.317 e. The van der Waals surface area contributed by atoms with Gasteiger partial charge in [0.25, 0.3) is 0 Å². The second kappa shape index (κ2) is 9.51. The smallest absolute Gasteiger partial charge is 0.227 e. The van der Waals surface area contributed by atoms with Gasteiger partial charge >= 0.3 is 0 Å². The maximum absolute atomic E-state index is 13.1. The van der Waals surface area contributed by atoms with Gasteiger partial charge in [0.15, 0.2) is 0 Å². The van der Waals surface area contributed by atoms with Crippen LogP contribution in [-0.4, -0.2) is 47.5 Å². The van der Waals surface area contributed by atoms with Crippen molar-refractivity contribution < 1.29 is 13.2 Å². The van der Waals surface area contributed by atoms with E-state index in [-0.39, 0.29) is 16.8 Å². The van der Waals surface area contributed by atoms with Crippen molar-refractivity contribution in [1.29, 1.82) is 0 Å². The Morgan fingerprint density at radius 3 is 2.53 bits per heavy atom. The highest BCUT2D eigenvalue weighted by Gasteiger charge is 2.33. The highest BCUT2D eigenvalue weighted by atomic mass is 32.2. The van der Waals surface area contributed by atoms with Crippen LogP contribution in [0.4, 0.5) is 0 Å². The van der Waals surface area contributed by atoms with Crippen molar-refractivity contribution in [3.05, 3.63) is 11.9 Å². The van der Waals surface area contributed by atoms with Crippen LogP contribution >= 0.6 is 0 Å². The third-order valence-corrected chi connectivity index (χ3v) is 8.98. The number of Topliss-reactive ketones (excluding diaryl/α,β-unsaturated/α-hetero) is 1. The van der Waals surface area contributed by atoms with Crippen LogP contribution in [0.25, 0.3) is 0 Å². The second-order valence-electron chi connectivity index (χ2n) is 9.77. The number of ketones is 1. The molecule has 6 nitrogen and oxygen atoms in total. The molecule has 3 aliphatic rings. The van der Waals surface area contributed by atoms with Gasteiger partial charge in [0, 0.05) is 32.0 Å². The molecule has 1 aromatic rings. The summed E-state index contributed by atoms with van der Waals surface area (Å²) in [6, 6.07) is 0. The molecule has 0 spiro atoms. The Kier molecular flexibility index (Phi) is 6.98. The SMILES string of the molecule is CCC(=O)[C@@H]1CCCN(Cc2cnc(S(=O)(=O)CC3CC3)n2CC2CCCCC2)C1. The van der Waals surface area contributed by atoms with Gasteiger partial charge in [0.05, 0.1) is 17.6 Å². The highest BCUT2D eigenvalue weighted by molar-refractivity contribution is 7.91. The predicted molar refractivity (Wildman–Crippen MR) is 117 cm³/mol. The predicted octanol–water partition coefficient (Wildman–Crippen LogP) is 3.84. The van der Waals surface area contributed by atoms with Gasteiger partial charge in [0.1, 0.15) is 5.78 Å². The van der Waals surface area contributed by atoms with Crippen LogP contribution in [-0.2, 0) is 27.7 Å². The van der Waals surface area contributed by atoms with Crippen molar-refractivity contribution in [3.63, 3.8) is 0 Å². The molecule has 2 saturated carbocycles. The van der Waals surface area contributed by atoms with Crippen molar-refractivity contribution in [2.24, 2.45) is 17.8 Å². The molecule has 1 aliphatic heterocycles. The number of piperidine rings is 1. The van der Waals surface area contributed by atoms with E-state index < -0.39 is 9.84 Å². The summed E-state index contributed by atoms with van der Waals surface area (Å²) in [5, 5.41) is 0.285. The average molecular weight is 436 g/mol. The van der Waals surface area contributed by atoms with Gasteiger partial charge < -0.3 is 4.57 Å². The molecule has 30 heavy (non-hydrogen) atoms. The number of rotatable bonds is 9. The molecular weight excluding hydrogens is 398 g/mol. The van der Waals surface area contributed by atoms with Gasteiger partial charge in [-0.2, -0.15) is 0 Å². The minimum absolute atomic E-state index is 0.122. The first-order valence-electron chi connectivity index (χ1n) is 12.0. The molecule has 3 fully saturated rings. The Labute approximate surface area is 181 Å². The summed E-state index contributed by atoms with van der Waals surface area (Å²) < 4.78 is 28.2. The van der Waals surface area contributed by atoms with Crippen molar-refractivity contribution in [3.8, 4) is 0 Å². The maximum atomic E-state index is 13.1. The van der Waals surface area contributed by atoms with E-state index in [2.05, 4.69) is 9.88 Å². The number of imidazole rings is 1. The summed E-state index contributed by atoms with van der Waals surface area (Å²) in [4.78, 5) is 19.0. The lowest BCUT2D eigenvalue weighted by Gasteiger charge is -2.32.